The summed E-state index contributed by atoms with van der Waals surface area (Å²) in [6, 6.07) is 0. The Labute approximate surface area is 196 Å². The predicted molar refractivity (Wildman–Crippen MR) is 128 cm³/mol. The Balaban J connectivity index is 1.84. The number of carbonyl (C=O) groups excluding carboxylic acids is 2. The normalized spacial score (nSPS) is 29.6. The van der Waals surface area contributed by atoms with Gasteiger partial charge in [-0.2, -0.15) is 0 Å². The molecule has 0 radical (unpaired) electrons. The zero-order valence-electron chi connectivity index (χ0n) is 22.5. The third-order valence-electron chi connectivity index (χ3n) is 8.88. The van der Waals surface area contributed by atoms with Crippen molar-refractivity contribution in [3.05, 3.63) is 0 Å². The van der Waals surface area contributed by atoms with Gasteiger partial charge < -0.3 is 9.47 Å². The minimum atomic E-state index is -0.233. The third kappa shape index (κ3) is 5.16. The van der Waals surface area contributed by atoms with Crippen molar-refractivity contribution in [3.63, 3.8) is 0 Å². The molecule has 2 rings (SSSR count). The van der Waals surface area contributed by atoms with E-state index >= 15 is 0 Å². The van der Waals surface area contributed by atoms with Crippen LogP contribution >= 0.6 is 0 Å². The summed E-state index contributed by atoms with van der Waals surface area (Å²) < 4.78 is 11.6. The lowest BCUT2D eigenvalue weighted by Crippen LogP contribution is -2.48. The molecule has 6 nitrogen and oxygen atoms in total. The number of rotatable bonds is 8. The number of hydrogen-bond acceptors (Lipinski definition) is 6. The van der Waals surface area contributed by atoms with Gasteiger partial charge in [-0.15, -0.1) is 0 Å². The zero-order chi connectivity index (χ0) is 24.7. The summed E-state index contributed by atoms with van der Waals surface area (Å²) in [6.45, 7) is 19.6. The molecule has 2 aliphatic heterocycles. The van der Waals surface area contributed by atoms with Crippen molar-refractivity contribution < 1.29 is 19.1 Å². The van der Waals surface area contributed by atoms with Crippen molar-refractivity contribution in [2.24, 2.45) is 11.8 Å². The number of hydrogen-bond donors (Lipinski definition) is 0. The molecule has 32 heavy (non-hydrogen) atoms. The molecule has 0 aliphatic carbocycles. The van der Waals surface area contributed by atoms with E-state index in [1.807, 2.05) is 6.92 Å². The smallest absolute Gasteiger partial charge is 0.311 e. The second-order valence-corrected chi connectivity index (χ2v) is 12.3. The van der Waals surface area contributed by atoms with Gasteiger partial charge in [0.2, 0.25) is 0 Å². The molecular formula is C26H48N2O4. The van der Waals surface area contributed by atoms with E-state index in [1.54, 1.807) is 0 Å². The van der Waals surface area contributed by atoms with Gasteiger partial charge >= 0.3 is 11.9 Å². The van der Waals surface area contributed by atoms with Crippen LogP contribution in [-0.4, -0.2) is 70.7 Å². The predicted octanol–water partition coefficient (Wildman–Crippen LogP) is 4.65. The standard InChI is InChI=1S/C26H48N2O4/c1-12-18(32-22(30)20-17-24(4,5)28(11)26(20,8)9)14-13-15-31-21(29)19-16-23(2,3)27(10)25(19,6)7/h18-20H,12-17H2,1-11H3. The summed E-state index contributed by atoms with van der Waals surface area (Å²) in [5.74, 6) is -0.490. The van der Waals surface area contributed by atoms with Gasteiger partial charge in [0.15, 0.2) is 0 Å². The molecule has 2 heterocycles. The minimum Gasteiger partial charge on any atom is -0.465 e. The van der Waals surface area contributed by atoms with Gasteiger partial charge in [-0.1, -0.05) is 6.92 Å². The monoisotopic (exact) mass is 452 g/mol. The molecule has 3 atom stereocenters. The average molecular weight is 453 g/mol. The number of nitrogens with zero attached hydrogens (tertiary/aromatic N) is 2. The summed E-state index contributed by atoms with van der Waals surface area (Å²) in [7, 11) is 4.17. The number of ether oxygens (including phenoxy) is 2. The Morgan fingerprint density at radius 2 is 1.28 bits per heavy atom. The van der Waals surface area contributed by atoms with Crippen molar-refractivity contribution in [1.82, 2.24) is 9.80 Å². The Bertz CT molecular complexity index is 698. The largest absolute Gasteiger partial charge is 0.465 e. The molecule has 2 saturated heterocycles. The fourth-order valence-corrected chi connectivity index (χ4v) is 5.72. The Kier molecular flexibility index (Phi) is 7.83. The van der Waals surface area contributed by atoms with E-state index in [0.29, 0.717) is 19.4 Å². The molecule has 2 aliphatic rings. The van der Waals surface area contributed by atoms with E-state index in [-0.39, 0.29) is 52.0 Å². The highest BCUT2D eigenvalue weighted by Crippen LogP contribution is 2.45. The van der Waals surface area contributed by atoms with Crippen molar-refractivity contribution in [3.8, 4) is 0 Å². The maximum Gasteiger partial charge on any atom is 0.311 e. The van der Waals surface area contributed by atoms with Gasteiger partial charge in [0.1, 0.15) is 6.10 Å². The maximum atomic E-state index is 13.0. The molecule has 0 saturated carbocycles. The summed E-state index contributed by atoms with van der Waals surface area (Å²) >= 11 is 0. The van der Waals surface area contributed by atoms with Gasteiger partial charge in [0, 0.05) is 22.2 Å². The molecule has 0 spiro atoms. The van der Waals surface area contributed by atoms with Crippen LogP contribution in [0.25, 0.3) is 0 Å². The molecular weight excluding hydrogens is 404 g/mol. The number of esters is 2. The van der Waals surface area contributed by atoms with E-state index in [0.717, 1.165) is 19.3 Å². The Hall–Kier alpha value is -1.14. The quantitative estimate of drug-likeness (QED) is 0.395. The molecule has 0 aromatic carbocycles. The number of carbonyl (C=O) groups is 2. The lowest BCUT2D eigenvalue weighted by molar-refractivity contribution is -0.158. The minimum absolute atomic E-state index is 0.0225. The molecule has 0 aromatic rings. The molecule has 0 aromatic heterocycles. The summed E-state index contributed by atoms with van der Waals surface area (Å²) in [4.78, 5) is 30.4. The zero-order valence-corrected chi connectivity index (χ0v) is 22.5. The summed E-state index contributed by atoms with van der Waals surface area (Å²) in [5, 5.41) is 0. The van der Waals surface area contributed by atoms with Crippen LogP contribution in [0.1, 0.15) is 94.4 Å². The molecule has 0 N–H and O–H groups in total. The topological polar surface area (TPSA) is 59.1 Å². The van der Waals surface area contributed by atoms with Crippen LogP contribution < -0.4 is 0 Å². The van der Waals surface area contributed by atoms with Gasteiger partial charge in [0.05, 0.1) is 18.4 Å². The first-order valence-corrected chi connectivity index (χ1v) is 12.3. The number of likely N-dealkylation sites (tertiary alicyclic amines) is 2. The molecule has 186 valence electrons. The van der Waals surface area contributed by atoms with Gasteiger partial charge in [-0.3, -0.25) is 19.4 Å². The second-order valence-electron chi connectivity index (χ2n) is 12.3. The Morgan fingerprint density at radius 3 is 1.66 bits per heavy atom. The molecule has 0 amide bonds. The maximum absolute atomic E-state index is 13.0. The van der Waals surface area contributed by atoms with Crippen LogP contribution in [0.15, 0.2) is 0 Å². The van der Waals surface area contributed by atoms with Gasteiger partial charge in [-0.25, -0.2) is 0 Å². The van der Waals surface area contributed by atoms with Crippen LogP contribution in [0.5, 0.6) is 0 Å². The van der Waals surface area contributed by atoms with Crippen molar-refractivity contribution >= 4 is 11.9 Å². The van der Waals surface area contributed by atoms with Crippen LogP contribution in [-0.2, 0) is 19.1 Å². The van der Waals surface area contributed by atoms with Crippen LogP contribution in [0.2, 0.25) is 0 Å². The fourth-order valence-electron chi connectivity index (χ4n) is 5.72. The second kappa shape index (κ2) is 9.25. The first-order valence-electron chi connectivity index (χ1n) is 12.3. The average Bonchev–Trinajstić information content (AvgIpc) is 2.96. The van der Waals surface area contributed by atoms with Crippen molar-refractivity contribution in [1.29, 1.82) is 0 Å². The molecule has 6 heteroatoms. The van der Waals surface area contributed by atoms with E-state index in [1.165, 1.54) is 0 Å². The molecule has 0 bridgehead atoms. The molecule has 2 fully saturated rings. The van der Waals surface area contributed by atoms with E-state index in [4.69, 9.17) is 9.47 Å². The highest BCUT2D eigenvalue weighted by atomic mass is 16.5. The van der Waals surface area contributed by atoms with Crippen LogP contribution in [0.4, 0.5) is 0 Å². The highest BCUT2D eigenvalue weighted by molar-refractivity contribution is 5.75. The highest BCUT2D eigenvalue weighted by Gasteiger charge is 2.54. The van der Waals surface area contributed by atoms with Crippen molar-refractivity contribution in [2.75, 3.05) is 20.7 Å². The Morgan fingerprint density at radius 1 is 0.844 bits per heavy atom. The fraction of sp³-hybridized carbons (Fsp3) is 0.923. The molecule has 3 unspecified atom stereocenters. The van der Waals surface area contributed by atoms with E-state index in [9.17, 15) is 9.59 Å². The SMILES string of the molecule is CCC(CCCOC(=O)C1CC(C)(C)N(C)C1(C)C)OC(=O)C1CC(C)(C)N(C)C1(C)C. The van der Waals surface area contributed by atoms with Crippen LogP contribution in [0.3, 0.4) is 0 Å². The lowest BCUT2D eigenvalue weighted by atomic mass is 9.87. The van der Waals surface area contributed by atoms with Crippen molar-refractivity contribution in [2.45, 2.75) is 123 Å². The lowest BCUT2D eigenvalue weighted by Gasteiger charge is -2.38. The summed E-state index contributed by atoms with van der Waals surface area (Å²) in [6.07, 6.45) is 3.63. The third-order valence-corrected chi connectivity index (χ3v) is 8.88. The van der Waals surface area contributed by atoms with Gasteiger partial charge in [-0.05, 0) is 102 Å². The summed E-state index contributed by atoms with van der Waals surface area (Å²) in [5.41, 5.74) is -0.508. The van der Waals surface area contributed by atoms with E-state index < -0.39 is 0 Å². The van der Waals surface area contributed by atoms with Gasteiger partial charge in [0.25, 0.3) is 0 Å². The van der Waals surface area contributed by atoms with Crippen LogP contribution in [0, 0.1) is 11.8 Å². The first kappa shape index (κ1) is 27.1. The van der Waals surface area contributed by atoms with E-state index in [2.05, 4.69) is 79.3 Å². The first-order chi connectivity index (χ1) is 14.5.